The highest BCUT2D eigenvalue weighted by Crippen LogP contribution is 2.45. The summed E-state index contributed by atoms with van der Waals surface area (Å²) in [5.41, 5.74) is 1.91. The summed E-state index contributed by atoms with van der Waals surface area (Å²) in [7, 11) is 3.08. The zero-order chi connectivity index (χ0) is 72.4. The van der Waals surface area contributed by atoms with Crippen molar-refractivity contribution in [2.24, 2.45) is 23.2 Å². The molecule has 0 bridgehead atoms. The first-order chi connectivity index (χ1) is 47.3. The fourth-order valence-corrected chi connectivity index (χ4v) is 10.6. The number of benzene rings is 3. The standard InChI is InChI=1S/C71H100ClN7O20/c1-44(2)38-57-68(88)97-55(15-12-16-59(81)77-54(40-49-23-28-56(92-9)52(72)39-49)65(85)75-43-71(6,7)69(89)98-57)46(5)63-64(99-63)50-24-19-47(20-25-50)41-74-70(90)96-42-48-21-26-51(27-22-48)76-66(86)53(78-67(87)62(45(3)4)79-60(82)17-13-18-61(83)84)14-10-11-30-73-58(80)29-31-93-34-35-95-37-36-94-33-32-91-8/h12,16,19-28,39,44-46,53-55,57,62-64H,10-11,13-15,17-18,29-38,40-43H2,1-9H3,(H,73,80)(H,74,90)(H,75,85)(H,76,86)(H,77,81)(H,78,87)(H,79,82)(H,83,84)/b16-12-/t46-,53-,54-,55-,57-,62-,63-,64+/m0/s1. The van der Waals surface area contributed by atoms with Crippen LogP contribution in [0.4, 0.5) is 10.5 Å². The number of carbonyl (C=O) groups excluding carboxylic acids is 9. The number of alkyl carbamates (subject to hydrolysis) is 1. The number of unbranched alkanes of at least 4 members (excludes halogenated alkanes) is 1. The van der Waals surface area contributed by atoms with Crippen LogP contribution in [0.15, 0.2) is 78.9 Å². The normalized spacial score (nSPS) is 19.2. The molecule has 5 rings (SSSR count). The lowest BCUT2D eigenvalue weighted by Crippen LogP contribution is -2.54. The van der Waals surface area contributed by atoms with Crippen LogP contribution in [0.2, 0.25) is 5.02 Å². The van der Waals surface area contributed by atoms with Crippen molar-refractivity contribution >= 4 is 76.7 Å². The third kappa shape index (κ3) is 30.0. The van der Waals surface area contributed by atoms with Gasteiger partial charge in [-0.2, -0.15) is 0 Å². The van der Waals surface area contributed by atoms with E-state index >= 15 is 0 Å². The number of esters is 2. The Morgan fingerprint density at radius 2 is 1.40 bits per heavy atom. The second-order valence-electron chi connectivity index (χ2n) is 25.7. The Bertz CT molecular complexity index is 3150. The molecule has 0 saturated carbocycles. The molecule has 0 spiro atoms. The van der Waals surface area contributed by atoms with Gasteiger partial charge >= 0.3 is 24.0 Å². The molecule has 8 N–H and O–H groups in total. The van der Waals surface area contributed by atoms with E-state index in [1.807, 2.05) is 45.0 Å². The van der Waals surface area contributed by atoms with Crippen LogP contribution in [-0.4, -0.2) is 175 Å². The van der Waals surface area contributed by atoms with Gasteiger partial charge in [0.05, 0.1) is 69.9 Å². The Hall–Kier alpha value is -8.21. The second kappa shape index (κ2) is 42.7. The quantitative estimate of drug-likeness (QED) is 0.0127. The summed E-state index contributed by atoms with van der Waals surface area (Å²) in [5, 5.41) is 28.7. The van der Waals surface area contributed by atoms with E-state index in [1.165, 1.54) is 13.2 Å². The van der Waals surface area contributed by atoms with Crippen molar-refractivity contribution in [2.75, 3.05) is 78.9 Å². The molecule has 1 fully saturated rings. The molecular weight excluding hydrogens is 1310 g/mol. The molecule has 0 radical (unpaired) electrons. The Morgan fingerprint density at radius 1 is 0.737 bits per heavy atom. The molecule has 2 heterocycles. The molecule has 7 amide bonds. The van der Waals surface area contributed by atoms with Crippen LogP contribution in [0.25, 0.3) is 0 Å². The summed E-state index contributed by atoms with van der Waals surface area (Å²) < 4.78 is 50.2. The van der Waals surface area contributed by atoms with Gasteiger partial charge in [-0.3, -0.25) is 38.4 Å². The molecule has 1 saturated heterocycles. The number of anilines is 1. The third-order valence-electron chi connectivity index (χ3n) is 16.2. The van der Waals surface area contributed by atoms with E-state index in [4.69, 9.17) is 59.3 Å². The number of nitrogens with one attached hydrogen (secondary N) is 7. The monoisotopic (exact) mass is 1410 g/mol. The number of cyclic esters (lactones) is 2. The number of hydrogen-bond donors (Lipinski definition) is 8. The van der Waals surface area contributed by atoms with Crippen LogP contribution in [0.5, 0.6) is 5.75 Å². The summed E-state index contributed by atoms with van der Waals surface area (Å²) in [6.07, 6.45) is 0.498. The summed E-state index contributed by atoms with van der Waals surface area (Å²) in [5.74, 6) is -5.98. The van der Waals surface area contributed by atoms with Gasteiger partial charge in [0.25, 0.3) is 0 Å². The minimum absolute atomic E-state index is 0.0625. The van der Waals surface area contributed by atoms with Gasteiger partial charge in [-0.05, 0) is 110 Å². The Labute approximate surface area is 584 Å². The van der Waals surface area contributed by atoms with E-state index in [0.717, 1.165) is 11.1 Å². The van der Waals surface area contributed by atoms with Gasteiger partial charge in [-0.25, -0.2) is 9.59 Å². The average molecular weight is 1410 g/mol. The Morgan fingerprint density at radius 3 is 2.05 bits per heavy atom. The van der Waals surface area contributed by atoms with Crippen LogP contribution in [-0.2, 0) is 101 Å². The van der Waals surface area contributed by atoms with Crippen LogP contribution < -0.4 is 42.0 Å². The fourth-order valence-electron chi connectivity index (χ4n) is 10.3. The number of ether oxygens (including phenoxy) is 9. The number of carboxylic acid groups (broad SMARTS) is 1. The van der Waals surface area contributed by atoms with Crippen molar-refractivity contribution in [3.8, 4) is 5.75 Å². The summed E-state index contributed by atoms with van der Waals surface area (Å²) >= 11 is 6.40. The lowest BCUT2D eigenvalue weighted by Gasteiger charge is -2.29. The van der Waals surface area contributed by atoms with Gasteiger partial charge in [0.2, 0.25) is 35.4 Å². The van der Waals surface area contributed by atoms with Gasteiger partial charge in [-0.15, -0.1) is 0 Å². The zero-order valence-corrected chi connectivity index (χ0v) is 59.0. The highest BCUT2D eigenvalue weighted by molar-refractivity contribution is 6.32. The lowest BCUT2D eigenvalue weighted by molar-refractivity contribution is -0.179. The number of carboxylic acids is 1. The molecule has 0 aromatic heterocycles. The summed E-state index contributed by atoms with van der Waals surface area (Å²) in [6, 6.07) is 15.8. The zero-order valence-electron chi connectivity index (χ0n) is 58.2. The van der Waals surface area contributed by atoms with E-state index in [1.54, 1.807) is 83.3 Å². The first-order valence-corrected chi connectivity index (χ1v) is 34.0. The number of aliphatic carboxylic acids is 1. The van der Waals surface area contributed by atoms with E-state index in [9.17, 15) is 47.9 Å². The second-order valence-corrected chi connectivity index (χ2v) is 26.1. The van der Waals surface area contributed by atoms with Crippen molar-refractivity contribution in [3.05, 3.63) is 106 Å². The molecule has 8 atom stereocenters. The number of halogens is 1. The minimum Gasteiger partial charge on any atom is -0.495 e. The summed E-state index contributed by atoms with van der Waals surface area (Å²) in [6.45, 7) is 15.1. The largest absolute Gasteiger partial charge is 0.495 e. The maximum absolute atomic E-state index is 14.0. The van der Waals surface area contributed by atoms with Gasteiger partial charge in [0.1, 0.15) is 42.7 Å². The molecular formula is C71H100ClN7O20. The smallest absolute Gasteiger partial charge is 0.407 e. The number of rotatable bonds is 39. The molecule has 99 heavy (non-hydrogen) atoms. The van der Waals surface area contributed by atoms with Crippen LogP contribution >= 0.6 is 11.6 Å². The molecule has 3 aromatic carbocycles. The van der Waals surface area contributed by atoms with Crippen LogP contribution in [0.1, 0.15) is 135 Å². The van der Waals surface area contributed by atoms with E-state index in [-0.39, 0.29) is 102 Å². The maximum atomic E-state index is 14.0. The van der Waals surface area contributed by atoms with Gasteiger partial charge in [0, 0.05) is 70.5 Å². The van der Waals surface area contributed by atoms with E-state index in [0.29, 0.717) is 86.6 Å². The number of methoxy groups -OCH3 is 2. The number of carbonyl (C=O) groups is 10. The molecule has 2 aliphatic heterocycles. The minimum atomic E-state index is -1.29. The molecule has 546 valence electrons. The Kier molecular flexibility index (Phi) is 35.1. The number of amides is 7. The fraction of sp³-hybridized carbons (Fsp3) is 0.577. The van der Waals surface area contributed by atoms with Gasteiger partial charge in [-0.1, -0.05) is 94.8 Å². The highest BCUT2D eigenvalue weighted by Gasteiger charge is 2.48. The number of epoxide rings is 1. The molecule has 28 heteroatoms. The van der Waals surface area contributed by atoms with E-state index < -0.39 is 101 Å². The van der Waals surface area contributed by atoms with Crippen molar-refractivity contribution < 1.29 is 95.7 Å². The third-order valence-corrected chi connectivity index (χ3v) is 16.5. The van der Waals surface area contributed by atoms with Crippen molar-refractivity contribution in [3.63, 3.8) is 0 Å². The van der Waals surface area contributed by atoms with E-state index in [2.05, 4.69) is 37.2 Å². The SMILES string of the molecule is COCCOCCOCCOCCC(=O)NCCCC[C@H](NC(=O)[C@@H](NC(=O)CCCC(=O)O)C(C)C)C(=O)Nc1ccc(COC(=O)NCc2ccc([C@H]3O[C@H]3[C@@H](C)[C@@H]3C/C=C\C(=O)N[C@@H](Cc4ccc(OC)c(Cl)c4)C(=O)NCC(C)(C)C(=O)O[C@@H](CC(C)C)C(=O)O3)cc2)cc1. The Balaban J connectivity index is 1.13. The first kappa shape index (κ1) is 81.5. The topological polar surface area (TPSA) is 362 Å². The molecule has 2 aliphatic rings. The average Bonchev–Trinajstić information content (AvgIpc) is 1.63. The predicted molar refractivity (Wildman–Crippen MR) is 365 cm³/mol. The van der Waals surface area contributed by atoms with Crippen LogP contribution in [0, 0.1) is 23.2 Å². The lowest BCUT2D eigenvalue weighted by atomic mass is 9.92. The van der Waals surface area contributed by atoms with Crippen molar-refractivity contribution in [2.45, 2.75) is 168 Å². The van der Waals surface area contributed by atoms with Gasteiger partial charge < -0.3 is 85.0 Å². The van der Waals surface area contributed by atoms with Gasteiger partial charge in [0.15, 0.2) is 6.10 Å². The van der Waals surface area contributed by atoms with Crippen molar-refractivity contribution in [1.82, 2.24) is 31.9 Å². The molecule has 0 unspecified atom stereocenters. The first-order valence-electron chi connectivity index (χ1n) is 33.6. The van der Waals surface area contributed by atoms with Crippen LogP contribution in [0.3, 0.4) is 0 Å². The molecule has 0 aliphatic carbocycles. The number of hydrogen-bond acceptors (Lipinski definition) is 19. The predicted octanol–water partition coefficient (Wildman–Crippen LogP) is 6.74. The highest BCUT2D eigenvalue weighted by atomic mass is 35.5. The summed E-state index contributed by atoms with van der Waals surface area (Å²) in [4.78, 5) is 132. The molecule has 3 aromatic rings. The molecule has 27 nitrogen and oxygen atoms in total. The maximum Gasteiger partial charge on any atom is 0.407 e. The van der Waals surface area contributed by atoms with Crippen molar-refractivity contribution in [1.29, 1.82) is 0 Å².